The van der Waals surface area contributed by atoms with E-state index in [1.54, 1.807) is 0 Å². The van der Waals surface area contributed by atoms with E-state index < -0.39 is 0 Å². The number of rotatable bonds is 5. The van der Waals surface area contributed by atoms with Crippen molar-refractivity contribution in [1.29, 1.82) is 0 Å². The number of ether oxygens (including phenoxy) is 1. The van der Waals surface area contributed by atoms with Crippen LogP contribution < -0.4 is 4.46 Å². The van der Waals surface area contributed by atoms with Crippen molar-refractivity contribution in [2.75, 3.05) is 13.2 Å². The second kappa shape index (κ2) is 7.16. The Morgan fingerprint density at radius 3 is 2.68 bits per heavy atom. The molecular formula is C18H19ClO2Se. The van der Waals surface area contributed by atoms with Crippen LogP contribution in [0.1, 0.15) is 12.0 Å². The topological polar surface area (TPSA) is 29.5 Å². The van der Waals surface area contributed by atoms with Gasteiger partial charge in [0.05, 0.1) is 0 Å². The van der Waals surface area contributed by atoms with Crippen LogP contribution >= 0.6 is 11.6 Å². The van der Waals surface area contributed by atoms with Gasteiger partial charge in [-0.2, -0.15) is 0 Å². The van der Waals surface area contributed by atoms with E-state index in [0.29, 0.717) is 21.6 Å². The number of aliphatic hydroxyl groups excluding tert-OH is 1. The maximum atomic E-state index is 9.48. The molecule has 0 aliphatic carbocycles. The number of benzene rings is 2. The van der Waals surface area contributed by atoms with E-state index in [1.807, 2.05) is 24.3 Å². The number of hydrogen-bond donors (Lipinski definition) is 1. The van der Waals surface area contributed by atoms with Gasteiger partial charge in [0.25, 0.3) is 0 Å². The zero-order chi connectivity index (χ0) is 15.4. The molecule has 0 bridgehead atoms. The van der Waals surface area contributed by atoms with Crippen LogP contribution in [0, 0.1) is 5.92 Å². The number of halogens is 1. The minimum absolute atomic E-state index is 0.181. The van der Waals surface area contributed by atoms with Crippen LogP contribution in [0.5, 0.6) is 0 Å². The third-order valence-electron chi connectivity index (χ3n) is 4.04. The summed E-state index contributed by atoms with van der Waals surface area (Å²) in [4.78, 5) is 0. The molecule has 0 radical (unpaired) electrons. The van der Waals surface area contributed by atoms with Gasteiger partial charge in [0.1, 0.15) is 0 Å². The molecule has 0 saturated carbocycles. The van der Waals surface area contributed by atoms with Gasteiger partial charge < -0.3 is 0 Å². The molecule has 2 aromatic rings. The van der Waals surface area contributed by atoms with Crippen LogP contribution in [-0.2, 0) is 10.3 Å². The normalized spacial score (nSPS) is 24.5. The fourth-order valence-electron chi connectivity index (χ4n) is 2.85. The Morgan fingerprint density at radius 2 is 2.00 bits per heavy atom. The average Bonchev–Trinajstić information content (AvgIpc) is 2.99. The number of aliphatic hydroxyl groups is 1. The molecule has 1 aliphatic rings. The zero-order valence-electron chi connectivity index (χ0n) is 12.2. The van der Waals surface area contributed by atoms with Crippen molar-refractivity contribution in [1.82, 2.24) is 0 Å². The summed E-state index contributed by atoms with van der Waals surface area (Å²) in [7, 11) is 0. The molecule has 1 aliphatic heterocycles. The Kier molecular flexibility index (Phi) is 5.22. The fraction of sp³-hybridized carbons (Fsp3) is 0.333. The van der Waals surface area contributed by atoms with Crippen molar-refractivity contribution in [2.45, 2.75) is 17.3 Å². The molecule has 1 fully saturated rings. The Hall–Kier alpha value is -0.831. The summed E-state index contributed by atoms with van der Waals surface area (Å²) in [5.41, 5.74) is 0.822. The first-order valence-corrected chi connectivity index (χ1v) is 9.85. The molecule has 0 aromatic heterocycles. The molecule has 2 aromatic carbocycles. The fourth-order valence-corrected chi connectivity index (χ4v) is 5.39. The summed E-state index contributed by atoms with van der Waals surface area (Å²) >= 11 is 6.50. The molecule has 1 N–H and O–H groups in total. The van der Waals surface area contributed by atoms with E-state index in [2.05, 4.69) is 30.3 Å². The van der Waals surface area contributed by atoms with Crippen LogP contribution in [0.15, 0.2) is 54.6 Å². The van der Waals surface area contributed by atoms with Crippen molar-refractivity contribution in [2.24, 2.45) is 5.92 Å². The predicted molar refractivity (Wildman–Crippen MR) is 90.9 cm³/mol. The Labute approximate surface area is 142 Å². The van der Waals surface area contributed by atoms with E-state index in [0.717, 1.165) is 22.3 Å². The van der Waals surface area contributed by atoms with Gasteiger partial charge >= 0.3 is 143 Å². The van der Waals surface area contributed by atoms with Gasteiger partial charge in [-0.15, -0.1) is 0 Å². The van der Waals surface area contributed by atoms with Crippen molar-refractivity contribution in [3.63, 3.8) is 0 Å². The SMILES string of the molecule is OC[C@@H]1CO[C@@](C[Se]c2ccccc2)(c2cccc(Cl)c2)C1. The Morgan fingerprint density at radius 1 is 1.18 bits per heavy atom. The summed E-state index contributed by atoms with van der Waals surface area (Å²) in [6.45, 7) is 0.800. The predicted octanol–water partition coefficient (Wildman–Crippen LogP) is 3.01. The molecule has 3 rings (SSSR count). The quantitative estimate of drug-likeness (QED) is 0.807. The first kappa shape index (κ1) is 16.0. The van der Waals surface area contributed by atoms with Crippen LogP contribution in [-0.4, -0.2) is 33.3 Å². The Balaban J connectivity index is 1.84. The molecule has 116 valence electrons. The van der Waals surface area contributed by atoms with Gasteiger partial charge in [-0.1, -0.05) is 0 Å². The zero-order valence-corrected chi connectivity index (χ0v) is 14.7. The molecule has 0 amide bonds. The molecule has 1 saturated heterocycles. The number of hydrogen-bond acceptors (Lipinski definition) is 2. The average molecular weight is 382 g/mol. The molecular weight excluding hydrogens is 363 g/mol. The summed E-state index contributed by atoms with van der Waals surface area (Å²) < 4.78 is 7.57. The van der Waals surface area contributed by atoms with E-state index in [9.17, 15) is 5.11 Å². The van der Waals surface area contributed by atoms with Gasteiger partial charge in [-0.05, 0) is 0 Å². The van der Waals surface area contributed by atoms with Gasteiger partial charge in [0.15, 0.2) is 0 Å². The molecule has 22 heavy (non-hydrogen) atoms. The summed E-state index contributed by atoms with van der Waals surface area (Å²) in [6.07, 6.45) is 0.860. The van der Waals surface area contributed by atoms with Crippen LogP contribution in [0.2, 0.25) is 10.3 Å². The van der Waals surface area contributed by atoms with Crippen molar-refractivity contribution >= 4 is 31.0 Å². The second-order valence-corrected chi connectivity index (χ2v) is 8.31. The van der Waals surface area contributed by atoms with Crippen molar-refractivity contribution in [3.05, 3.63) is 65.2 Å². The third-order valence-corrected chi connectivity index (χ3v) is 6.82. The molecule has 2 atom stereocenters. The molecule has 2 nitrogen and oxygen atoms in total. The van der Waals surface area contributed by atoms with E-state index in [-0.39, 0.29) is 18.1 Å². The van der Waals surface area contributed by atoms with E-state index >= 15 is 0 Å². The minimum atomic E-state index is -0.311. The molecule has 1 heterocycles. The Bertz CT molecular complexity index is 619. The second-order valence-electron chi connectivity index (χ2n) is 5.67. The summed E-state index contributed by atoms with van der Waals surface area (Å²) in [6, 6.07) is 18.5. The standard InChI is InChI=1S/C18H19ClO2Se/c19-16-6-4-5-15(9-16)18(10-14(11-20)12-21-18)13-22-17-7-2-1-3-8-17/h1-9,14,20H,10-13H2/t14-,18+/m1/s1. The monoisotopic (exact) mass is 382 g/mol. The van der Waals surface area contributed by atoms with Crippen LogP contribution in [0.4, 0.5) is 0 Å². The maximum absolute atomic E-state index is 9.48. The van der Waals surface area contributed by atoms with Crippen LogP contribution in [0.25, 0.3) is 0 Å². The molecule has 0 unspecified atom stereocenters. The summed E-state index contributed by atoms with van der Waals surface area (Å²) in [5, 5.41) is 11.2. The summed E-state index contributed by atoms with van der Waals surface area (Å²) in [5.74, 6) is 0.213. The van der Waals surface area contributed by atoms with Crippen LogP contribution in [0.3, 0.4) is 0 Å². The third kappa shape index (κ3) is 3.56. The van der Waals surface area contributed by atoms with Crippen molar-refractivity contribution < 1.29 is 9.84 Å². The van der Waals surface area contributed by atoms with Gasteiger partial charge in [-0.3, -0.25) is 0 Å². The molecule has 0 spiro atoms. The van der Waals surface area contributed by atoms with E-state index in [1.165, 1.54) is 4.46 Å². The first-order valence-electron chi connectivity index (χ1n) is 7.40. The van der Waals surface area contributed by atoms with Gasteiger partial charge in [-0.25, -0.2) is 0 Å². The van der Waals surface area contributed by atoms with E-state index in [4.69, 9.17) is 16.3 Å². The van der Waals surface area contributed by atoms with Crippen molar-refractivity contribution in [3.8, 4) is 0 Å². The first-order chi connectivity index (χ1) is 10.7. The molecule has 4 heteroatoms. The van der Waals surface area contributed by atoms with Gasteiger partial charge in [0, 0.05) is 0 Å². The van der Waals surface area contributed by atoms with Gasteiger partial charge in [0.2, 0.25) is 0 Å².